The van der Waals surface area contributed by atoms with Gasteiger partial charge in [-0.1, -0.05) is 0 Å². The summed E-state index contributed by atoms with van der Waals surface area (Å²) < 4.78 is 22.4. The number of aliphatic hydroxyl groups is 4. The van der Waals surface area contributed by atoms with Crippen molar-refractivity contribution in [2.24, 2.45) is 0 Å². The van der Waals surface area contributed by atoms with Gasteiger partial charge in [-0.05, 0) is 13.0 Å². The Kier molecular flexibility index (Phi) is 5.44. The van der Waals surface area contributed by atoms with Crippen molar-refractivity contribution in [1.29, 1.82) is 0 Å². The average Bonchev–Trinajstić information content (AvgIpc) is 2.29. The Morgan fingerprint density at radius 1 is 1.29 bits per heavy atom. The summed E-state index contributed by atoms with van der Waals surface area (Å²) in [7, 11) is 0. The molecule has 1 heterocycles. The third-order valence-corrected chi connectivity index (χ3v) is 2.47. The zero-order valence-electron chi connectivity index (χ0n) is 9.36. The zero-order chi connectivity index (χ0) is 13.0. The number of hydrogen-bond acceptors (Lipinski definition) is 6. The summed E-state index contributed by atoms with van der Waals surface area (Å²) in [5.41, 5.74) is 0. The summed E-state index contributed by atoms with van der Waals surface area (Å²) in [5, 5.41) is 37.3. The molecule has 0 bridgehead atoms. The Balaban J connectivity index is 2.56. The lowest BCUT2D eigenvalue weighted by Gasteiger charge is -2.39. The van der Waals surface area contributed by atoms with Crippen LogP contribution in [0, 0.1) is 0 Å². The fraction of sp³-hybridized carbons (Fsp3) is 0.800. The molecule has 7 heteroatoms. The van der Waals surface area contributed by atoms with Gasteiger partial charge in [0, 0.05) is 0 Å². The van der Waals surface area contributed by atoms with Crippen molar-refractivity contribution in [2.45, 2.75) is 37.6 Å². The van der Waals surface area contributed by atoms with E-state index in [1.54, 1.807) is 0 Å². The fourth-order valence-corrected chi connectivity index (χ4v) is 1.46. The Labute approximate surface area is 97.9 Å². The monoisotopic (exact) mass is 252 g/mol. The van der Waals surface area contributed by atoms with E-state index in [-0.39, 0.29) is 6.61 Å². The first kappa shape index (κ1) is 14.5. The molecule has 3 unspecified atom stereocenters. The maximum absolute atomic E-state index is 12.4. The first-order valence-corrected chi connectivity index (χ1v) is 5.21. The van der Waals surface area contributed by atoms with E-state index in [1.165, 1.54) is 6.92 Å². The molecular weight excluding hydrogens is 235 g/mol. The lowest BCUT2D eigenvalue weighted by Crippen LogP contribution is -2.59. The maximum Gasteiger partial charge on any atom is 0.187 e. The van der Waals surface area contributed by atoms with Gasteiger partial charge < -0.3 is 29.9 Å². The van der Waals surface area contributed by atoms with Crippen LogP contribution in [0.3, 0.4) is 0 Å². The van der Waals surface area contributed by atoms with Crippen molar-refractivity contribution >= 4 is 0 Å². The third kappa shape index (κ3) is 3.70. The molecule has 1 saturated heterocycles. The molecule has 100 valence electrons. The highest BCUT2D eigenvalue weighted by Crippen LogP contribution is 2.21. The SMILES string of the molecule is C/C(F)=C/CO[C@@H]1OC(CO)[C@@H](O)C(O)C1O. The van der Waals surface area contributed by atoms with Gasteiger partial charge in [0.1, 0.15) is 24.4 Å². The fourth-order valence-electron chi connectivity index (χ4n) is 1.46. The number of hydrogen-bond donors (Lipinski definition) is 4. The van der Waals surface area contributed by atoms with Crippen molar-refractivity contribution in [1.82, 2.24) is 0 Å². The molecule has 1 aliphatic heterocycles. The molecule has 0 aliphatic carbocycles. The van der Waals surface area contributed by atoms with Crippen LogP contribution < -0.4 is 0 Å². The molecule has 0 amide bonds. The second-order valence-corrected chi connectivity index (χ2v) is 3.82. The van der Waals surface area contributed by atoms with Gasteiger partial charge in [-0.15, -0.1) is 0 Å². The predicted octanol–water partition coefficient (Wildman–Crippen LogP) is -1.32. The van der Waals surface area contributed by atoms with E-state index in [2.05, 4.69) is 0 Å². The molecule has 1 rings (SSSR count). The molecule has 0 radical (unpaired) electrons. The van der Waals surface area contributed by atoms with Crippen LogP contribution in [0.1, 0.15) is 6.92 Å². The van der Waals surface area contributed by atoms with Gasteiger partial charge in [-0.25, -0.2) is 4.39 Å². The highest BCUT2D eigenvalue weighted by atomic mass is 19.1. The number of ether oxygens (including phenoxy) is 2. The summed E-state index contributed by atoms with van der Waals surface area (Å²) in [6, 6.07) is 0. The molecule has 0 aromatic heterocycles. The van der Waals surface area contributed by atoms with Gasteiger partial charge in [0.15, 0.2) is 6.29 Å². The van der Waals surface area contributed by atoms with Crippen LogP contribution in [0.25, 0.3) is 0 Å². The predicted molar refractivity (Wildman–Crippen MR) is 54.6 cm³/mol. The van der Waals surface area contributed by atoms with Crippen LogP contribution in [0.5, 0.6) is 0 Å². The molecule has 4 N–H and O–H groups in total. The number of halogens is 1. The molecule has 1 aliphatic rings. The summed E-state index contributed by atoms with van der Waals surface area (Å²) in [5.74, 6) is -0.449. The first-order chi connectivity index (χ1) is 7.97. The van der Waals surface area contributed by atoms with E-state index in [0.29, 0.717) is 0 Å². The topological polar surface area (TPSA) is 99.4 Å². The van der Waals surface area contributed by atoms with E-state index in [1.807, 2.05) is 0 Å². The van der Waals surface area contributed by atoms with Crippen LogP contribution in [0.4, 0.5) is 4.39 Å². The van der Waals surface area contributed by atoms with Crippen LogP contribution >= 0.6 is 0 Å². The molecule has 0 saturated carbocycles. The normalized spacial score (nSPS) is 39.4. The minimum Gasteiger partial charge on any atom is -0.394 e. The van der Waals surface area contributed by atoms with E-state index in [4.69, 9.17) is 14.6 Å². The van der Waals surface area contributed by atoms with Crippen molar-refractivity contribution in [2.75, 3.05) is 13.2 Å². The number of aliphatic hydroxyl groups excluding tert-OH is 4. The Bertz CT molecular complexity index is 266. The second kappa shape index (κ2) is 6.39. The summed E-state index contributed by atoms with van der Waals surface area (Å²) in [6.07, 6.45) is -5.48. The third-order valence-electron chi connectivity index (χ3n) is 2.47. The zero-order valence-corrected chi connectivity index (χ0v) is 9.36. The maximum atomic E-state index is 12.4. The smallest absolute Gasteiger partial charge is 0.187 e. The second-order valence-electron chi connectivity index (χ2n) is 3.82. The van der Waals surface area contributed by atoms with Crippen molar-refractivity contribution in [3.05, 3.63) is 11.9 Å². The van der Waals surface area contributed by atoms with Gasteiger partial charge in [-0.2, -0.15) is 0 Å². The minimum atomic E-state index is -1.48. The lowest BCUT2D eigenvalue weighted by molar-refractivity contribution is -0.298. The summed E-state index contributed by atoms with van der Waals surface area (Å²) >= 11 is 0. The average molecular weight is 252 g/mol. The van der Waals surface area contributed by atoms with Gasteiger partial charge in [-0.3, -0.25) is 0 Å². The molecule has 17 heavy (non-hydrogen) atoms. The van der Waals surface area contributed by atoms with Crippen LogP contribution in [-0.4, -0.2) is 64.3 Å². The highest BCUT2D eigenvalue weighted by Gasteiger charge is 2.43. The van der Waals surface area contributed by atoms with E-state index in [0.717, 1.165) is 6.08 Å². The summed E-state index contributed by atoms with van der Waals surface area (Å²) in [6.45, 7) is 0.560. The lowest BCUT2D eigenvalue weighted by atomic mass is 9.99. The molecule has 5 atom stereocenters. The van der Waals surface area contributed by atoms with Crippen LogP contribution in [0.2, 0.25) is 0 Å². The quantitative estimate of drug-likeness (QED) is 0.495. The molecule has 0 aromatic carbocycles. The first-order valence-electron chi connectivity index (χ1n) is 5.21. The standard InChI is InChI=1S/C10H17FO6/c1-5(11)2-3-16-10-9(15)8(14)7(13)6(4-12)17-10/h2,6-10,12-15H,3-4H2,1H3/b5-2-/t6?,7-,8?,9?,10-/m1/s1. The van der Waals surface area contributed by atoms with Crippen molar-refractivity contribution in [3.8, 4) is 0 Å². The summed E-state index contributed by atoms with van der Waals surface area (Å²) in [4.78, 5) is 0. The van der Waals surface area contributed by atoms with E-state index in [9.17, 15) is 19.7 Å². The Morgan fingerprint density at radius 2 is 1.94 bits per heavy atom. The number of allylic oxidation sites excluding steroid dienone is 1. The van der Waals surface area contributed by atoms with Crippen LogP contribution in [0.15, 0.2) is 11.9 Å². The Morgan fingerprint density at radius 3 is 2.47 bits per heavy atom. The molecule has 6 nitrogen and oxygen atoms in total. The van der Waals surface area contributed by atoms with E-state index < -0.39 is 43.1 Å². The number of rotatable bonds is 4. The molecule has 1 fully saturated rings. The van der Waals surface area contributed by atoms with Gasteiger partial charge in [0.05, 0.1) is 19.0 Å². The van der Waals surface area contributed by atoms with Crippen molar-refractivity contribution in [3.63, 3.8) is 0 Å². The minimum absolute atomic E-state index is 0.148. The van der Waals surface area contributed by atoms with Gasteiger partial charge in [0.25, 0.3) is 0 Å². The highest BCUT2D eigenvalue weighted by molar-refractivity contribution is 4.90. The van der Waals surface area contributed by atoms with Gasteiger partial charge >= 0.3 is 0 Å². The van der Waals surface area contributed by atoms with Crippen molar-refractivity contribution < 1.29 is 34.3 Å². The largest absolute Gasteiger partial charge is 0.394 e. The van der Waals surface area contributed by atoms with E-state index >= 15 is 0 Å². The Hall–Kier alpha value is -0.570. The molecule has 0 aromatic rings. The van der Waals surface area contributed by atoms with Crippen LogP contribution in [-0.2, 0) is 9.47 Å². The van der Waals surface area contributed by atoms with Gasteiger partial charge in [0.2, 0.25) is 0 Å². The molecular formula is C10H17FO6. The molecule has 0 spiro atoms.